The molecule has 2 aliphatic carbocycles. The van der Waals surface area contributed by atoms with Crippen LogP contribution in [0.1, 0.15) is 72.6 Å². The second-order valence-electron chi connectivity index (χ2n) is 10.1. The molecule has 3 fully saturated rings. The SMILES string of the molecule is CC(C)(COC(=O)C1(C)CCC(O)CC1)COC(=O)C1(C)CCC2OC2C1. The third-order valence-electron chi connectivity index (χ3n) is 6.55. The van der Waals surface area contributed by atoms with Gasteiger partial charge in [0.2, 0.25) is 0 Å². The first-order valence-electron chi connectivity index (χ1n) is 10.2. The Labute approximate surface area is 161 Å². The lowest BCUT2D eigenvalue weighted by atomic mass is 9.75. The Morgan fingerprint density at radius 3 is 2.04 bits per heavy atom. The summed E-state index contributed by atoms with van der Waals surface area (Å²) in [5.74, 6) is -0.394. The number of carbonyl (C=O) groups excluding carboxylic acids is 2. The van der Waals surface area contributed by atoms with Crippen molar-refractivity contribution in [1.82, 2.24) is 0 Å². The van der Waals surface area contributed by atoms with Crippen molar-refractivity contribution < 1.29 is 28.9 Å². The smallest absolute Gasteiger partial charge is 0.311 e. The first kappa shape index (κ1) is 20.6. The predicted molar refractivity (Wildman–Crippen MR) is 98.9 cm³/mol. The summed E-state index contributed by atoms with van der Waals surface area (Å²) < 4.78 is 16.7. The van der Waals surface area contributed by atoms with E-state index in [4.69, 9.17) is 14.2 Å². The molecule has 2 saturated carbocycles. The molecule has 3 atom stereocenters. The van der Waals surface area contributed by atoms with Crippen molar-refractivity contribution in [2.75, 3.05) is 13.2 Å². The minimum atomic E-state index is -0.525. The number of ether oxygens (including phenoxy) is 3. The van der Waals surface area contributed by atoms with Crippen LogP contribution in [0, 0.1) is 16.2 Å². The van der Waals surface area contributed by atoms with E-state index in [0.29, 0.717) is 31.8 Å². The number of esters is 2. The van der Waals surface area contributed by atoms with Gasteiger partial charge in [-0.05, 0) is 58.8 Å². The van der Waals surface area contributed by atoms with Crippen LogP contribution in [-0.4, -0.2) is 48.6 Å². The van der Waals surface area contributed by atoms with Crippen LogP contribution in [0.4, 0.5) is 0 Å². The fourth-order valence-corrected chi connectivity index (χ4v) is 4.16. The third kappa shape index (κ3) is 4.83. The van der Waals surface area contributed by atoms with Crippen LogP contribution >= 0.6 is 0 Å². The van der Waals surface area contributed by atoms with Gasteiger partial charge < -0.3 is 19.3 Å². The molecule has 0 aromatic heterocycles. The lowest BCUT2D eigenvalue weighted by Crippen LogP contribution is -2.39. The number of aliphatic hydroxyl groups excluding tert-OH is 1. The van der Waals surface area contributed by atoms with E-state index in [1.54, 1.807) is 0 Å². The Bertz CT molecular complexity index is 577. The summed E-state index contributed by atoms with van der Waals surface area (Å²) in [7, 11) is 0. The molecule has 0 bridgehead atoms. The van der Waals surface area contributed by atoms with E-state index in [2.05, 4.69) is 0 Å². The molecule has 1 aliphatic heterocycles. The molecule has 3 unspecified atom stereocenters. The molecular weight excluding hydrogens is 348 g/mol. The zero-order valence-electron chi connectivity index (χ0n) is 17.1. The quantitative estimate of drug-likeness (QED) is 0.561. The number of hydrogen-bond acceptors (Lipinski definition) is 6. The number of epoxide rings is 1. The van der Waals surface area contributed by atoms with Crippen LogP contribution in [-0.2, 0) is 23.8 Å². The van der Waals surface area contributed by atoms with Crippen LogP contribution in [0.25, 0.3) is 0 Å². The molecule has 6 nitrogen and oxygen atoms in total. The molecule has 3 aliphatic rings. The molecule has 0 aromatic carbocycles. The normalized spacial score (nSPS) is 38.6. The van der Waals surface area contributed by atoms with Gasteiger partial charge in [-0.3, -0.25) is 9.59 Å². The molecule has 154 valence electrons. The predicted octanol–water partition coefficient (Wildman–Crippen LogP) is 3.00. The van der Waals surface area contributed by atoms with Crippen molar-refractivity contribution >= 4 is 11.9 Å². The molecule has 27 heavy (non-hydrogen) atoms. The Morgan fingerprint density at radius 1 is 0.963 bits per heavy atom. The first-order valence-corrected chi connectivity index (χ1v) is 10.2. The van der Waals surface area contributed by atoms with Crippen molar-refractivity contribution in [2.24, 2.45) is 16.2 Å². The van der Waals surface area contributed by atoms with Crippen LogP contribution in [0.3, 0.4) is 0 Å². The van der Waals surface area contributed by atoms with Gasteiger partial charge in [-0.25, -0.2) is 0 Å². The molecule has 0 spiro atoms. The third-order valence-corrected chi connectivity index (χ3v) is 6.55. The average Bonchev–Trinajstić information content (AvgIpc) is 3.38. The summed E-state index contributed by atoms with van der Waals surface area (Å²) in [5, 5.41) is 9.64. The second-order valence-corrected chi connectivity index (χ2v) is 10.1. The van der Waals surface area contributed by atoms with Gasteiger partial charge in [0.25, 0.3) is 0 Å². The minimum Gasteiger partial charge on any atom is -0.465 e. The number of hydrogen-bond donors (Lipinski definition) is 1. The second kappa shape index (κ2) is 7.36. The Kier molecular flexibility index (Phi) is 5.61. The number of rotatable bonds is 6. The van der Waals surface area contributed by atoms with Gasteiger partial charge in [0.1, 0.15) is 0 Å². The first-order chi connectivity index (χ1) is 12.5. The van der Waals surface area contributed by atoms with E-state index < -0.39 is 16.2 Å². The summed E-state index contributed by atoms with van der Waals surface area (Å²) in [4.78, 5) is 25.1. The molecule has 6 heteroatoms. The minimum absolute atomic E-state index is 0.177. The Hall–Kier alpha value is -1.14. The highest BCUT2D eigenvalue weighted by molar-refractivity contribution is 5.77. The molecule has 0 amide bonds. The maximum absolute atomic E-state index is 12.6. The molecular formula is C21H34O6. The summed E-state index contributed by atoms with van der Waals surface area (Å²) in [6, 6.07) is 0. The van der Waals surface area contributed by atoms with Gasteiger partial charge in [0.05, 0.1) is 42.4 Å². The fourth-order valence-electron chi connectivity index (χ4n) is 4.16. The molecule has 1 saturated heterocycles. The fraction of sp³-hybridized carbons (Fsp3) is 0.905. The lowest BCUT2D eigenvalue weighted by molar-refractivity contribution is -0.166. The van der Waals surface area contributed by atoms with Crippen molar-refractivity contribution in [3.63, 3.8) is 0 Å². The van der Waals surface area contributed by atoms with Crippen LogP contribution < -0.4 is 0 Å². The standard InChI is InChI=1S/C21H34O6/c1-19(2,12-25-17(23)20(3)8-5-14(22)6-9-20)13-26-18(24)21(4)10-7-15-16(11-21)27-15/h14-16,22H,5-13H2,1-4H3. The maximum atomic E-state index is 12.6. The van der Waals surface area contributed by atoms with E-state index in [9.17, 15) is 14.7 Å². The molecule has 1 N–H and O–H groups in total. The van der Waals surface area contributed by atoms with Gasteiger partial charge in [0, 0.05) is 5.41 Å². The number of aliphatic hydroxyl groups is 1. The summed E-state index contributed by atoms with van der Waals surface area (Å²) in [6.07, 6.45) is 5.28. The van der Waals surface area contributed by atoms with Gasteiger partial charge in [0.15, 0.2) is 0 Å². The highest BCUT2D eigenvalue weighted by Crippen LogP contribution is 2.47. The maximum Gasteiger partial charge on any atom is 0.311 e. The monoisotopic (exact) mass is 382 g/mol. The molecule has 3 rings (SSSR count). The van der Waals surface area contributed by atoms with E-state index in [1.807, 2.05) is 27.7 Å². The van der Waals surface area contributed by atoms with E-state index in [0.717, 1.165) is 19.3 Å². The highest BCUT2D eigenvalue weighted by atomic mass is 16.6. The average molecular weight is 382 g/mol. The van der Waals surface area contributed by atoms with E-state index in [-0.39, 0.29) is 37.4 Å². The zero-order chi connectivity index (χ0) is 19.9. The lowest BCUT2D eigenvalue weighted by Gasteiger charge is -2.35. The highest BCUT2D eigenvalue weighted by Gasteiger charge is 2.52. The van der Waals surface area contributed by atoms with Crippen LogP contribution in [0.2, 0.25) is 0 Å². The Morgan fingerprint density at radius 2 is 1.48 bits per heavy atom. The molecule has 0 aromatic rings. The summed E-state index contributed by atoms with van der Waals surface area (Å²) in [5.41, 5.74) is -1.44. The van der Waals surface area contributed by atoms with Gasteiger partial charge in [-0.15, -0.1) is 0 Å². The topological polar surface area (TPSA) is 85.4 Å². The van der Waals surface area contributed by atoms with Gasteiger partial charge >= 0.3 is 11.9 Å². The Balaban J connectivity index is 1.44. The van der Waals surface area contributed by atoms with Crippen molar-refractivity contribution in [2.45, 2.75) is 91.0 Å². The van der Waals surface area contributed by atoms with E-state index in [1.165, 1.54) is 0 Å². The van der Waals surface area contributed by atoms with Gasteiger partial charge in [-0.2, -0.15) is 0 Å². The van der Waals surface area contributed by atoms with Crippen molar-refractivity contribution in [3.05, 3.63) is 0 Å². The summed E-state index contributed by atoms with van der Waals surface area (Å²) >= 11 is 0. The van der Waals surface area contributed by atoms with Crippen LogP contribution in [0.15, 0.2) is 0 Å². The molecule has 0 radical (unpaired) electrons. The summed E-state index contributed by atoms with van der Waals surface area (Å²) in [6.45, 7) is 8.17. The van der Waals surface area contributed by atoms with Crippen molar-refractivity contribution in [3.8, 4) is 0 Å². The van der Waals surface area contributed by atoms with Crippen LogP contribution in [0.5, 0.6) is 0 Å². The largest absolute Gasteiger partial charge is 0.465 e. The number of fused-ring (bicyclic) bond motifs is 1. The van der Waals surface area contributed by atoms with Gasteiger partial charge in [-0.1, -0.05) is 13.8 Å². The molecule has 1 heterocycles. The van der Waals surface area contributed by atoms with E-state index >= 15 is 0 Å². The van der Waals surface area contributed by atoms with Crippen molar-refractivity contribution in [1.29, 1.82) is 0 Å². The number of carbonyl (C=O) groups is 2. The zero-order valence-corrected chi connectivity index (χ0v) is 17.1.